The zero-order valence-corrected chi connectivity index (χ0v) is 13.5. The first kappa shape index (κ1) is 18.6. The van der Waals surface area contributed by atoms with Crippen LogP contribution in [0.1, 0.15) is 34.1 Å². The molecule has 0 saturated heterocycles. The van der Waals surface area contributed by atoms with E-state index in [-0.39, 0.29) is 11.8 Å². The standard InChI is InChI=1S/C15H28N2O3/c1-8-9-12(10-17(6)7)13(16-11(2)18)14(19)20-15(3,4)5/h8,12-13H,1,9-10H2,2-7H3,(H,16,18)/t12-,13+/m1/s1. The van der Waals surface area contributed by atoms with Crippen molar-refractivity contribution in [1.82, 2.24) is 10.2 Å². The minimum Gasteiger partial charge on any atom is -0.458 e. The second-order valence-electron chi connectivity index (χ2n) is 6.26. The molecule has 0 rings (SSSR count). The largest absolute Gasteiger partial charge is 0.458 e. The Bertz CT molecular complexity index is 346. The SMILES string of the molecule is C=CC[C@H](CN(C)C)[C@H](NC(C)=O)C(=O)OC(C)(C)C. The van der Waals surface area contributed by atoms with E-state index in [9.17, 15) is 9.59 Å². The van der Waals surface area contributed by atoms with Gasteiger partial charge in [0.15, 0.2) is 0 Å². The number of nitrogens with one attached hydrogen (secondary N) is 1. The number of hydrogen-bond donors (Lipinski definition) is 1. The van der Waals surface area contributed by atoms with E-state index in [0.717, 1.165) is 0 Å². The van der Waals surface area contributed by atoms with Crippen molar-refractivity contribution in [3.05, 3.63) is 12.7 Å². The third-order valence-corrected chi connectivity index (χ3v) is 2.56. The quantitative estimate of drug-likeness (QED) is 0.570. The van der Waals surface area contributed by atoms with Crippen molar-refractivity contribution in [3.63, 3.8) is 0 Å². The summed E-state index contributed by atoms with van der Waals surface area (Å²) in [6, 6.07) is -0.660. The molecular weight excluding hydrogens is 256 g/mol. The highest BCUT2D eigenvalue weighted by atomic mass is 16.6. The lowest BCUT2D eigenvalue weighted by atomic mass is 9.95. The van der Waals surface area contributed by atoms with Gasteiger partial charge in [0.25, 0.3) is 0 Å². The lowest BCUT2D eigenvalue weighted by molar-refractivity contribution is -0.160. The maximum Gasteiger partial charge on any atom is 0.329 e. The molecule has 2 atom stereocenters. The summed E-state index contributed by atoms with van der Waals surface area (Å²) >= 11 is 0. The molecule has 20 heavy (non-hydrogen) atoms. The van der Waals surface area contributed by atoms with Gasteiger partial charge in [-0.2, -0.15) is 0 Å². The van der Waals surface area contributed by atoms with Crippen LogP contribution in [0.2, 0.25) is 0 Å². The number of ether oxygens (including phenoxy) is 1. The Kier molecular flexibility index (Phi) is 7.50. The van der Waals surface area contributed by atoms with Crippen LogP contribution in [0.5, 0.6) is 0 Å². The molecule has 0 aliphatic carbocycles. The van der Waals surface area contributed by atoms with E-state index < -0.39 is 17.6 Å². The van der Waals surface area contributed by atoms with Crippen molar-refractivity contribution >= 4 is 11.9 Å². The van der Waals surface area contributed by atoms with E-state index in [1.807, 2.05) is 39.8 Å². The summed E-state index contributed by atoms with van der Waals surface area (Å²) in [5, 5.41) is 2.70. The van der Waals surface area contributed by atoms with Gasteiger partial charge in [-0.25, -0.2) is 4.79 Å². The monoisotopic (exact) mass is 284 g/mol. The van der Waals surface area contributed by atoms with Crippen LogP contribution in [0, 0.1) is 5.92 Å². The van der Waals surface area contributed by atoms with Gasteiger partial charge in [0.1, 0.15) is 11.6 Å². The Morgan fingerprint density at radius 1 is 1.35 bits per heavy atom. The minimum absolute atomic E-state index is 0.0683. The van der Waals surface area contributed by atoms with Crippen LogP contribution >= 0.6 is 0 Å². The maximum absolute atomic E-state index is 12.3. The molecule has 0 saturated carbocycles. The first-order valence-corrected chi connectivity index (χ1v) is 6.82. The number of esters is 1. The third-order valence-electron chi connectivity index (χ3n) is 2.56. The van der Waals surface area contributed by atoms with Gasteiger partial charge in [-0.3, -0.25) is 4.79 Å². The van der Waals surface area contributed by atoms with Crippen molar-refractivity contribution in [2.75, 3.05) is 20.6 Å². The average Bonchev–Trinajstić information content (AvgIpc) is 2.21. The van der Waals surface area contributed by atoms with E-state index >= 15 is 0 Å². The van der Waals surface area contributed by atoms with Crippen LogP contribution < -0.4 is 5.32 Å². The Labute approximate surface area is 122 Å². The number of carbonyl (C=O) groups is 2. The molecule has 0 aromatic carbocycles. The number of amides is 1. The summed E-state index contributed by atoms with van der Waals surface area (Å²) in [5.41, 5.74) is -0.579. The zero-order valence-electron chi connectivity index (χ0n) is 13.5. The second-order valence-corrected chi connectivity index (χ2v) is 6.26. The predicted octanol–water partition coefficient (Wildman–Crippen LogP) is 1.59. The van der Waals surface area contributed by atoms with Gasteiger partial charge < -0.3 is 15.0 Å². The number of carbonyl (C=O) groups excluding carboxylic acids is 2. The van der Waals surface area contributed by atoms with Crippen LogP contribution in [0.25, 0.3) is 0 Å². The Morgan fingerprint density at radius 2 is 1.90 bits per heavy atom. The van der Waals surface area contributed by atoms with Crippen molar-refractivity contribution in [2.24, 2.45) is 5.92 Å². The Balaban J connectivity index is 5.11. The molecule has 116 valence electrons. The van der Waals surface area contributed by atoms with Crippen LogP contribution in [-0.2, 0) is 14.3 Å². The predicted molar refractivity (Wildman–Crippen MR) is 80.3 cm³/mol. The molecule has 0 heterocycles. The number of hydrogen-bond acceptors (Lipinski definition) is 4. The molecule has 1 amide bonds. The van der Waals surface area contributed by atoms with Gasteiger partial charge >= 0.3 is 5.97 Å². The molecule has 5 heteroatoms. The number of nitrogens with zero attached hydrogens (tertiary/aromatic N) is 1. The van der Waals surface area contributed by atoms with Crippen molar-refractivity contribution in [3.8, 4) is 0 Å². The Morgan fingerprint density at radius 3 is 2.25 bits per heavy atom. The molecule has 0 fully saturated rings. The molecule has 0 aromatic rings. The molecule has 1 N–H and O–H groups in total. The van der Waals surface area contributed by atoms with Crippen molar-refractivity contribution in [2.45, 2.75) is 45.8 Å². The van der Waals surface area contributed by atoms with Crippen LogP contribution in [0.3, 0.4) is 0 Å². The highest BCUT2D eigenvalue weighted by Gasteiger charge is 2.32. The molecule has 0 spiro atoms. The van der Waals surface area contributed by atoms with Gasteiger partial charge in [-0.05, 0) is 41.3 Å². The maximum atomic E-state index is 12.3. The summed E-state index contributed by atoms with van der Waals surface area (Å²) in [5.74, 6) is -0.712. The van der Waals surface area contributed by atoms with Crippen LogP contribution in [0.4, 0.5) is 0 Å². The average molecular weight is 284 g/mol. The summed E-state index contributed by atoms with van der Waals surface area (Å²) < 4.78 is 5.40. The van der Waals surface area contributed by atoms with Crippen molar-refractivity contribution in [1.29, 1.82) is 0 Å². The van der Waals surface area contributed by atoms with Gasteiger partial charge in [0, 0.05) is 19.4 Å². The van der Waals surface area contributed by atoms with Crippen molar-refractivity contribution < 1.29 is 14.3 Å². The normalized spacial score (nSPS) is 14.6. The third kappa shape index (κ3) is 7.94. The van der Waals surface area contributed by atoms with Gasteiger partial charge in [0.2, 0.25) is 5.91 Å². The van der Waals surface area contributed by atoms with E-state index in [2.05, 4.69) is 11.9 Å². The first-order valence-electron chi connectivity index (χ1n) is 6.82. The van der Waals surface area contributed by atoms with Crippen LogP contribution in [0.15, 0.2) is 12.7 Å². The minimum atomic E-state index is -0.660. The molecule has 5 nitrogen and oxygen atoms in total. The lowest BCUT2D eigenvalue weighted by Crippen LogP contribution is -2.50. The molecule has 0 bridgehead atoms. The number of allylic oxidation sites excluding steroid dienone is 1. The zero-order chi connectivity index (χ0) is 15.9. The summed E-state index contributed by atoms with van der Waals surface area (Å²) in [7, 11) is 3.85. The number of rotatable bonds is 7. The fraction of sp³-hybridized carbons (Fsp3) is 0.733. The first-order chi connectivity index (χ1) is 9.06. The fourth-order valence-corrected chi connectivity index (χ4v) is 1.95. The molecule has 0 aromatic heterocycles. The molecule has 0 unspecified atom stereocenters. The summed E-state index contributed by atoms with van der Waals surface area (Å²) in [6.07, 6.45) is 2.38. The van der Waals surface area contributed by atoms with E-state index in [1.54, 1.807) is 6.08 Å². The summed E-state index contributed by atoms with van der Waals surface area (Å²) in [6.45, 7) is 11.2. The molecule has 0 aliphatic heterocycles. The second kappa shape index (κ2) is 8.04. The topological polar surface area (TPSA) is 58.6 Å². The van der Waals surface area contributed by atoms with E-state index in [4.69, 9.17) is 4.74 Å². The molecule has 0 radical (unpaired) electrons. The van der Waals surface area contributed by atoms with Gasteiger partial charge in [-0.15, -0.1) is 6.58 Å². The lowest BCUT2D eigenvalue weighted by Gasteiger charge is -2.30. The highest BCUT2D eigenvalue weighted by molar-refractivity contribution is 5.83. The molecule has 0 aliphatic rings. The van der Waals surface area contributed by atoms with E-state index in [0.29, 0.717) is 13.0 Å². The Hall–Kier alpha value is -1.36. The summed E-state index contributed by atoms with van der Waals surface area (Å²) in [4.78, 5) is 25.6. The van der Waals surface area contributed by atoms with E-state index in [1.165, 1.54) is 6.92 Å². The van der Waals surface area contributed by atoms with Gasteiger partial charge in [0.05, 0.1) is 0 Å². The van der Waals surface area contributed by atoms with Gasteiger partial charge in [-0.1, -0.05) is 6.08 Å². The smallest absolute Gasteiger partial charge is 0.329 e. The highest BCUT2D eigenvalue weighted by Crippen LogP contribution is 2.16. The van der Waals surface area contributed by atoms with Crippen LogP contribution in [-0.4, -0.2) is 49.1 Å². The fourth-order valence-electron chi connectivity index (χ4n) is 1.95. The molecular formula is C15H28N2O3.